The molecule has 85 valence electrons. The van der Waals surface area contributed by atoms with E-state index in [2.05, 4.69) is 55.5 Å². The molecule has 7 radical (unpaired) electrons. The fraction of sp³-hybridized carbons (Fsp3) is 0.143. The van der Waals surface area contributed by atoms with Crippen LogP contribution in [0.4, 0.5) is 0 Å². The van der Waals surface area contributed by atoms with Crippen LogP contribution in [0.15, 0.2) is 48.5 Å². The molecule has 0 atom stereocenters. The van der Waals surface area contributed by atoms with E-state index in [-0.39, 0.29) is 11.8 Å². The van der Waals surface area contributed by atoms with E-state index in [9.17, 15) is 0 Å². The summed E-state index contributed by atoms with van der Waals surface area (Å²) < 4.78 is 0. The highest BCUT2D eigenvalue weighted by atomic mass is 14.3. The predicted octanol–water partition coefficient (Wildman–Crippen LogP) is 1.19. The van der Waals surface area contributed by atoms with Gasteiger partial charge < -0.3 is 0 Å². The van der Waals surface area contributed by atoms with E-state index in [4.69, 9.17) is 23.2 Å². The Morgan fingerprint density at radius 2 is 1.35 bits per heavy atom. The van der Waals surface area contributed by atoms with Crippen molar-refractivity contribution in [3.8, 4) is 11.1 Å². The summed E-state index contributed by atoms with van der Waals surface area (Å²) in [5, 5.41) is -0.282. The fourth-order valence-corrected chi connectivity index (χ4v) is 3.55. The third-order valence-corrected chi connectivity index (χ3v) is 4.55. The monoisotopic (exact) mass is 245 g/mol. The zero-order valence-electron chi connectivity index (χ0n) is 11.6. The maximum Gasteiger partial charge on any atom is 0.0638 e. The molecule has 2 aromatic carbocycles. The van der Waals surface area contributed by atoms with Gasteiger partial charge in [-0.05, 0) is 27.6 Å². The summed E-state index contributed by atoms with van der Waals surface area (Å²) >= 11 is 0. The van der Waals surface area contributed by atoms with E-state index in [1.165, 1.54) is 22.3 Å². The summed E-state index contributed by atoms with van der Waals surface area (Å²) in [4.78, 5) is 0. The van der Waals surface area contributed by atoms with Crippen molar-refractivity contribution in [1.82, 2.24) is 0 Å². The van der Waals surface area contributed by atoms with Crippen LogP contribution < -0.4 is 0 Å². The molecule has 1 aliphatic carbocycles. The highest BCUT2D eigenvalue weighted by molar-refractivity contribution is 7.72. The molecular formula is C14H11B6. The van der Waals surface area contributed by atoms with Crippen LogP contribution in [-0.2, 0) is 5.31 Å². The van der Waals surface area contributed by atoms with Gasteiger partial charge in [0.2, 0.25) is 0 Å². The lowest BCUT2D eigenvalue weighted by molar-refractivity contribution is 0.839. The molecule has 6 heteroatoms. The van der Waals surface area contributed by atoms with Gasteiger partial charge in [0.15, 0.2) is 0 Å². The van der Waals surface area contributed by atoms with Gasteiger partial charge in [0.05, 0.1) is 6.49 Å². The van der Waals surface area contributed by atoms with Gasteiger partial charge in [-0.15, -0.1) is 0 Å². The highest BCUT2D eigenvalue weighted by Crippen LogP contribution is 2.49. The molecule has 0 fully saturated rings. The van der Waals surface area contributed by atoms with Crippen LogP contribution in [0.25, 0.3) is 11.1 Å². The number of hydrogen-bond acceptors (Lipinski definition) is 0. The summed E-state index contributed by atoms with van der Waals surface area (Å²) in [7, 11) is 19.5. The average Bonchev–Trinajstić information content (AvgIpc) is 2.71. The Morgan fingerprint density at radius 1 is 0.900 bits per heavy atom. The van der Waals surface area contributed by atoms with Crippen molar-refractivity contribution in [2.75, 3.05) is 0 Å². The Hall–Kier alpha value is -1.17. The van der Waals surface area contributed by atoms with Gasteiger partial charge in [-0.2, -0.15) is 0 Å². The van der Waals surface area contributed by atoms with Gasteiger partial charge >= 0.3 is 0 Å². The topological polar surface area (TPSA) is 0 Å². The van der Waals surface area contributed by atoms with Crippen LogP contribution in [0.1, 0.15) is 18.1 Å². The largest absolute Gasteiger partial charge is 0.0638 e. The third-order valence-electron chi connectivity index (χ3n) is 4.55. The first kappa shape index (κ1) is 13.8. The molecule has 0 aliphatic heterocycles. The molecule has 2 aromatic rings. The molecule has 0 N–H and O–H groups in total. The normalized spacial score (nSPS) is 14.2. The molecule has 0 nitrogen and oxygen atoms in total. The zero-order chi connectivity index (χ0) is 14.3. The van der Waals surface area contributed by atoms with Gasteiger partial charge in [0, 0.05) is 36.7 Å². The van der Waals surface area contributed by atoms with E-state index in [1.807, 2.05) is 0 Å². The lowest BCUT2D eigenvalue weighted by atomic mass is 8.77. The first-order valence-corrected chi connectivity index (χ1v) is 6.86. The maximum atomic E-state index is 5.99. The molecule has 0 heterocycles. The quantitative estimate of drug-likeness (QED) is 0.711. The Bertz CT molecular complexity index is 594. The lowest BCUT2D eigenvalue weighted by Gasteiger charge is -2.37. The molecule has 0 saturated heterocycles. The molecule has 0 saturated carbocycles. The molecule has 3 rings (SSSR count). The Morgan fingerprint density at radius 3 is 1.75 bits per heavy atom. The molecule has 0 amide bonds. The summed E-state index contributed by atoms with van der Waals surface area (Å²) in [6.07, 6.45) is -0.496. The van der Waals surface area contributed by atoms with Crippen LogP contribution in [0.5, 0.6) is 0 Å². The van der Waals surface area contributed by atoms with Crippen LogP contribution in [0.2, 0.25) is 0 Å². The Balaban J connectivity index is 2.30. The zero-order valence-corrected chi connectivity index (χ0v) is 11.6. The van der Waals surface area contributed by atoms with E-state index < -0.39 is 6.39 Å². The van der Waals surface area contributed by atoms with Crippen molar-refractivity contribution in [1.29, 1.82) is 0 Å². The van der Waals surface area contributed by atoms with Crippen molar-refractivity contribution >= 4 is 43.2 Å². The summed E-state index contributed by atoms with van der Waals surface area (Å²) in [6, 6.07) is 16.8. The van der Waals surface area contributed by atoms with Gasteiger partial charge in [0.25, 0.3) is 0 Å². The van der Waals surface area contributed by atoms with Crippen LogP contribution in [0, 0.1) is 0 Å². The fourth-order valence-electron chi connectivity index (χ4n) is 3.55. The van der Waals surface area contributed by atoms with E-state index in [0.29, 0.717) is 0 Å². The molecule has 0 aromatic heterocycles. The van der Waals surface area contributed by atoms with Crippen molar-refractivity contribution in [3.05, 3.63) is 59.7 Å². The van der Waals surface area contributed by atoms with Gasteiger partial charge in [-0.25, -0.2) is 0 Å². The Kier molecular flexibility index (Phi) is 3.44. The van der Waals surface area contributed by atoms with E-state index in [1.54, 1.807) is 7.06 Å². The second-order valence-corrected chi connectivity index (χ2v) is 5.59. The van der Waals surface area contributed by atoms with Crippen molar-refractivity contribution in [2.24, 2.45) is 0 Å². The molecule has 0 unspecified atom stereocenters. The minimum Gasteiger partial charge on any atom is -0.0619 e. The second kappa shape index (κ2) is 4.98. The molecular weight excluding hydrogens is 233 g/mol. The number of fused-ring (bicyclic) bond motifs is 3. The van der Waals surface area contributed by atoms with Crippen molar-refractivity contribution in [3.63, 3.8) is 0 Å². The van der Waals surface area contributed by atoms with Gasteiger partial charge in [0.1, 0.15) is 0 Å². The van der Waals surface area contributed by atoms with Gasteiger partial charge in [-0.3, -0.25) is 0 Å². The minimum absolute atomic E-state index is 0.118. The molecule has 0 bridgehead atoms. The number of benzene rings is 2. The first-order chi connectivity index (χ1) is 9.60. The second-order valence-electron chi connectivity index (χ2n) is 5.59. The van der Waals surface area contributed by atoms with E-state index >= 15 is 0 Å². The highest BCUT2D eigenvalue weighted by Gasteiger charge is 2.45. The van der Waals surface area contributed by atoms with E-state index in [0.717, 1.165) is 0 Å². The van der Waals surface area contributed by atoms with Crippen molar-refractivity contribution in [2.45, 2.75) is 12.2 Å². The molecule has 20 heavy (non-hydrogen) atoms. The third kappa shape index (κ3) is 1.77. The number of hydrogen-bond donors (Lipinski definition) is 0. The van der Waals surface area contributed by atoms with Crippen LogP contribution in [0.3, 0.4) is 0 Å². The summed E-state index contributed by atoms with van der Waals surface area (Å²) in [5.74, 6) is 0. The van der Waals surface area contributed by atoms with Crippen LogP contribution >= 0.6 is 0 Å². The summed E-state index contributed by atoms with van der Waals surface area (Å²) in [5.41, 5.74) is 4.99. The average molecular weight is 244 g/mol. The standard InChI is InChI=1S/C14H11B6/c1-14(19(18-15)20(16)17)12-8-4-2-6-10(12)11-7-3-5-9-13(11)14/h2-9H,1H3. The molecule has 1 aliphatic rings. The van der Waals surface area contributed by atoms with Crippen LogP contribution in [-0.4, -0.2) is 43.2 Å². The predicted molar refractivity (Wildman–Crippen MR) is 92.9 cm³/mol. The lowest BCUT2D eigenvalue weighted by Crippen LogP contribution is -2.57. The number of rotatable bonds is 3. The molecule has 0 spiro atoms. The maximum absolute atomic E-state index is 5.99. The summed E-state index contributed by atoms with van der Waals surface area (Å²) in [6.45, 7) is 2.06. The minimum atomic E-state index is -0.496. The van der Waals surface area contributed by atoms with Crippen molar-refractivity contribution < 1.29 is 0 Å². The SMILES string of the molecule is [B][B]B(B([B])[B])C1(C)c2ccccc2-c2ccccc21. The Labute approximate surface area is 126 Å². The first-order valence-electron chi connectivity index (χ1n) is 6.86. The smallest absolute Gasteiger partial charge is 0.0619 e. The van der Waals surface area contributed by atoms with Gasteiger partial charge in [-0.1, -0.05) is 55.5 Å².